The highest BCUT2D eigenvalue weighted by Gasteiger charge is 2.23. The van der Waals surface area contributed by atoms with Gasteiger partial charge in [0.1, 0.15) is 30.2 Å². The van der Waals surface area contributed by atoms with Crippen LogP contribution in [0.3, 0.4) is 0 Å². The lowest BCUT2D eigenvalue weighted by molar-refractivity contribution is 0.171. The zero-order valence-electron chi connectivity index (χ0n) is 11.5. The van der Waals surface area contributed by atoms with Gasteiger partial charge < -0.3 is 9.47 Å². The van der Waals surface area contributed by atoms with Crippen LogP contribution < -0.4 is 19.6 Å². The molecule has 22 heavy (non-hydrogen) atoms. The Labute approximate surface area is 126 Å². The predicted octanol–water partition coefficient (Wildman–Crippen LogP) is 0.181. The van der Waals surface area contributed by atoms with Crippen molar-refractivity contribution in [3.63, 3.8) is 0 Å². The van der Waals surface area contributed by atoms with Crippen LogP contribution in [-0.4, -0.2) is 34.4 Å². The molecular formula is C12H11N5O4S. The zero-order valence-corrected chi connectivity index (χ0v) is 12.3. The lowest BCUT2D eigenvalue weighted by Crippen LogP contribution is -2.21. The van der Waals surface area contributed by atoms with Crippen molar-refractivity contribution in [1.82, 2.24) is 4.72 Å². The Hall–Kier alpha value is -2.82. The molecule has 1 aliphatic rings. The van der Waals surface area contributed by atoms with Crippen LogP contribution in [0.2, 0.25) is 0 Å². The zero-order chi connectivity index (χ0) is 16.2. The van der Waals surface area contributed by atoms with Crippen molar-refractivity contribution >= 4 is 21.4 Å². The summed E-state index contributed by atoms with van der Waals surface area (Å²) in [6.07, 6.45) is 0. The molecule has 114 valence electrons. The fourth-order valence-corrected chi connectivity index (χ4v) is 2.56. The summed E-state index contributed by atoms with van der Waals surface area (Å²) < 4.78 is 37.0. The van der Waals surface area contributed by atoms with E-state index in [-0.39, 0.29) is 16.3 Å². The first kappa shape index (κ1) is 15.6. The quantitative estimate of drug-likeness (QED) is 0.596. The Morgan fingerprint density at radius 1 is 1.23 bits per heavy atom. The minimum Gasteiger partial charge on any atom is -0.486 e. The van der Waals surface area contributed by atoms with Gasteiger partial charge in [-0.1, -0.05) is 0 Å². The summed E-state index contributed by atoms with van der Waals surface area (Å²) in [6.45, 7) is 0.638. The normalized spacial score (nSPS) is 12.7. The molecule has 0 amide bonds. The Bertz CT molecular complexity index is 788. The lowest BCUT2D eigenvalue weighted by Gasteiger charge is -2.20. The van der Waals surface area contributed by atoms with E-state index in [0.29, 0.717) is 19.0 Å². The van der Waals surface area contributed by atoms with Crippen molar-refractivity contribution in [1.29, 1.82) is 10.5 Å². The summed E-state index contributed by atoms with van der Waals surface area (Å²) in [5, 5.41) is 20.8. The third-order valence-electron chi connectivity index (χ3n) is 2.70. The maximum absolute atomic E-state index is 12.1. The van der Waals surface area contributed by atoms with Gasteiger partial charge in [0.15, 0.2) is 11.5 Å². The van der Waals surface area contributed by atoms with Crippen LogP contribution >= 0.6 is 0 Å². The molecule has 2 N–H and O–H groups in total. The number of fused-ring (bicyclic) bond motifs is 1. The van der Waals surface area contributed by atoms with Crippen LogP contribution in [0.1, 0.15) is 0 Å². The van der Waals surface area contributed by atoms with Crippen LogP contribution in [0, 0.1) is 22.7 Å². The van der Waals surface area contributed by atoms with E-state index in [4.69, 9.17) is 20.0 Å². The first-order valence-electron chi connectivity index (χ1n) is 6.03. The van der Waals surface area contributed by atoms with Crippen molar-refractivity contribution < 1.29 is 17.9 Å². The SMILES string of the molecule is CNS(=O)(=O)c1cc2c(cc1NN=C(C#N)C#N)OCCO2. The minimum atomic E-state index is -3.81. The van der Waals surface area contributed by atoms with Gasteiger partial charge >= 0.3 is 0 Å². The number of hydrogen-bond acceptors (Lipinski definition) is 8. The summed E-state index contributed by atoms with van der Waals surface area (Å²) in [7, 11) is -2.55. The predicted molar refractivity (Wildman–Crippen MR) is 76.0 cm³/mol. The summed E-state index contributed by atoms with van der Waals surface area (Å²) in [4.78, 5) is -0.141. The summed E-state index contributed by atoms with van der Waals surface area (Å²) in [6, 6.07) is 5.80. The fraction of sp³-hybridized carbons (Fsp3) is 0.250. The molecule has 9 nitrogen and oxygen atoms in total. The standard InChI is InChI=1S/C12H11N5O4S/c1-15-22(18,19)12-5-11-10(20-2-3-21-11)4-9(12)17-16-8(6-13)7-14/h4-5,15,17H,2-3H2,1H3. The maximum Gasteiger partial charge on any atom is 0.242 e. The summed E-state index contributed by atoms with van der Waals surface area (Å²) in [5.41, 5.74) is 2.01. The Morgan fingerprint density at radius 3 is 2.36 bits per heavy atom. The second kappa shape index (κ2) is 6.30. The van der Waals surface area contributed by atoms with Crippen molar-refractivity contribution in [2.24, 2.45) is 5.10 Å². The van der Waals surface area contributed by atoms with Gasteiger partial charge in [-0.15, -0.1) is 0 Å². The monoisotopic (exact) mass is 321 g/mol. The number of benzene rings is 1. The van der Waals surface area contributed by atoms with Crippen LogP contribution in [0.5, 0.6) is 11.5 Å². The lowest BCUT2D eigenvalue weighted by atomic mass is 10.2. The molecule has 1 heterocycles. The second-order valence-corrected chi connectivity index (χ2v) is 5.85. The number of rotatable bonds is 4. The number of hydrazone groups is 1. The molecule has 0 saturated carbocycles. The highest BCUT2D eigenvalue weighted by atomic mass is 32.2. The summed E-state index contributed by atoms with van der Waals surface area (Å²) in [5.74, 6) is 0.630. The van der Waals surface area contributed by atoms with E-state index < -0.39 is 15.7 Å². The number of nitriles is 2. The molecule has 0 spiro atoms. The second-order valence-electron chi connectivity index (χ2n) is 4.00. The molecule has 0 saturated heterocycles. The van der Waals surface area contributed by atoms with Gasteiger partial charge in [0, 0.05) is 12.1 Å². The van der Waals surface area contributed by atoms with Crippen LogP contribution in [0.15, 0.2) is 22.1 Å². The first-order valence-corrected chi connectivity index (χ1v) is 7.51. The minimum absolute atomic E-state index is 0.0570. The van der Waals surface area contributed by atoms with Crippen LogP contribution in [0.25, 0.3) is 0 Å². The molecule has 0 unspecified atom stereocenters. The number of nitrogens with zero attached hydrogens (tertiary/aromatic N) is 3. The van der Waals surface area contributed by atoms with Gasteiger partial charge in [0.25, 0.3) is 0 Å². The van der Waals surface area contributed by atoms with E-state index in [1.807, 2.05) is 0 Å². The smallest absolute Gasteiger partial charge is 0.242 e. The highest BCUT2D eigenvalue weighted by molar-refractivity contribution is 7.89. The molecule has 0 aromatic heterocycles. The third kappa shape index (κ3) is 3.09. The van der Waals surface area contributed by atoms with E-state index in [1.165, 1.54) is 19.2 Å². The van der Waals surface area contributed by atoms with Crippen molar-refractivity contribution in [3.8, 4) is 23.6 Å². The van der Waals surface area contributed by atoms with E-state index in [0.717, 1.165) is 0 Å². The Morgan fingerprint density at radius 2 is 1.82 bits per heavy atom. The number of hydrogen-bond donors (Lipinski definition) is 2. The van der Waals surface area contributed by atoms with Crippen molar-refractivity contribution in [2.75, 3.05) is 25.7 Å². The van der Waals surface area contributed by atoms with Gasteiger partial charge in [-0.25, -0.2) is 13.1 Å². The topological polar surface area (TPSA) is 137 Å². The fourth-order valence-electron chi connectivity index (χ4n) is 1.68. The molecule has 1 aliphatic heterocycles. The van der Waals surface area contributed by atoms with Gasteiger partial charge in [-0.05, 0) is 7.05 Å². The number of sulfonamides is 1. The van der Waals surface area contributed by atoms with E-state index in [9.17, 15) is 8.42 Å². The molecule has 2 rings (SSSR count). The molecule has 0 radical (unpaired) electrons. The number of nitrogens with one attached hydrogen (secondary N) is 2. The Balaban J connectivity index is 2.53. The van der Waals surface area contributed by atoms with E-state index >= 15 is 0 Å². The van der Waals surface area contributed by atoms with Crippen molar-refractivity contribution in [2.45, 2.75) is 4.90 Å². The molecule has 1 aromatic carbocycles. The first-order chi connectivity index (χ1) is 10.5. The molecule has 0 fully saturated rings. The molecule has 0 atom stereocenters. The van der Waals surface area contributed by atoms with Crippen LogP contribution in [0.4, 0.5) is 5.69 Å². The molecule has 1 aromatic rings. The van der Waals surface area contributed by atoms with Gasteiger partial charge in [0.05, 0.1) is 5.69 Å². The largest absolute Gasteiger partial charge is 0.486 e. The molecule has 0 bridgehead atoms. The maximum atomic E-state index is 12.1. The van der Waals surface area contributed by atoms with Gasteiger partial charge in [-0.2, -0.15) is 15.6 Å². The average molecular weight is 321 g/mol. The number of anilines is 1. The van der Waals surface area contributed by atoms with E-state index in [1.54, 1.807) is 12.1 Å². The van der Waals surface area contributed by atoms with Gasteiger partial charge in [-0.3, -0.25) is 5.43 Å². The van der Waals surface area contributed by atoms with Crippen LogP contribution in [-0.2, 0) is 10.0 Å². The number of ether oxygens (including phenoxy) is 2. The Kier molecular flexibility index (Phi) is 4.46. The molecule has 0 aliphatic carbocycles. The summed E-state index contributed by atoms with van der Waals surface area (Å²) >= 11 is 0. The average Bonchev–Trinajstić information content (AvgIpc) is 2.55. The third-order valence-corrected chi connectivity index (χ3v) is 4.16. The highest BCUT2D eigenvalue weighted by Crippen LogP contribution is 2.37. The molecular weight excluding hydrogens is 310 g/mol. The van der Waals surface area contributed by atoms with E-state index in [2.05, 4.69) is 15.2 Å². The van der Waals surface area contributed by atoms with Crippen molar-refractivity contribution in [3.05, 3.63) is 12.1 Å². The molecule has 10 heteroatoms. The van der Waals surface area contributed by atoms with Gasteiger partial charge in [0.2, 0.25) is 15.7 Å².